The van der Waals surface area contributed by atoms with Crippen molar-refractivity contribution in [2.75, 3.05) is 5.73 Å². The third-order valence-corrected chi connectivity index (χ3v) is 5.68. The van der Waals surface area contributed by atoms with Gasteiger partial charge in [0.05, 0.1) is 22.8 Å². The molecule has 2 heterocycles. The second-order valence-electron chi connectivity index (χ2n) is 7.80. The monoisotopic (exact) mass is 459 g/mol. The van der Waals surface area contributed by atoms with Crippen molar-refractivity contribution in [3.8, 4) is 23.4 Å². The Kier molecular flexibility index (Phi) is 4.87. The van der Waals surface area contributed by atoms with Crippen molar-refractivity contribution in [1.29, 1.82) is 10.7 Å². The number of anilines is 1. The summed E-state index contributed by atoms with van der Waals surface area (Å²) in [6, 6.07) is 18.8. The number of nitrogen functional groups attached to an aromatic ring is 1. The van der Waals surface area contributed by atoms with E-state index in [0.29, 0.717) is 28.3 Å². The summed E-state index contributed by atoms with van der Waals surface area (Å²) < 4.78 is 46.3. The topological polar surface area (TPSA) is 101 Å². The Morgan fingerprint density at radius 1 is 1.06 bits per heavy atom. The number of nitrogens with two attached hydrogens (primary N) is 1. The quantitative estimate of drug-likeness (QED) is 0.358. The molecule has 0 amide bonds. The molecule has 0 radical (unpaired) electrons. The first-order chi connectivity index (χ1) is 16.3. The van der Waals surface area contributed by atoms with Crippen molar-refractivity contribution in [2.24, 2.45) is 0 Å². The molecule has 1 aliphatic heterocycles. The average molecular weight is 459 g/mol. The van der Waals surface area contributed by atoms with E-state index in [1.165, 1.54) is 23.0 Å². The van der Waals surface area contributed by atoms with E-state index in [2.05, 4.69) is 11.1 Å². The Balaban J connectivity index is 1.71. The maximum Gasteiger partial charge on any atom is 0.416 e. The maximum atomic E-state index is 13.0. The highest BCUT2D eigenvalue weighted by atomic mass is 19.4. The minimum atomic E-state index is -4.46. The van der Waals surface area contributed by atoms with Gasteiger partial charge in [-0.1, -0.05) is 18.2 Å². The highest BCUT2D eigenvalue weighted by Crippen LogP contribution is 2.45. The largest absolute Gasteiger partial charge is 0.438 e. The lowest BCUT2D eigenvalue weighted by molar-refractivity contribution is -0.137. The fourth-order valence-electron chi connectivity index (χ4n) is 4.09. The van der Waals surface area contributed by atoms with Crippen LogP contribution in [0, 0.1) is 16.7 Å². The first-order valence-electron chi connectivity index (χ1n) is 10.2. The number of nitrogens with zero attached hydrogens (tertiary/aromatic N) is 3. The van der Waals surface area contributed by atoms with Crippen LogP contribution in [0.3, 0.4) is 0 Å². The molecule has 0 bridgehead atoms. The van der Waals surface area contributed by atoms with Crippen molar-refractivity contribution in [3.63, 3.8) is 0 Å². The second-order valence-corrected chi connectivity index (χ2v) is 7.80. The van der Waals surface area contributed by atoms with Crippen LogP contribution in [0.4, 0.5) is 18.9 Å². The SMILES string of the molecule is N#Cc1ccc2c(c1)Oc1ncn(-c3ccc(C(F)(F)F)cc3)c(=N)c1C2c1cccc(N)c1. The number of fused-ring (bicyclic) bond motifs is 2. The lowest BCUT2D eigenvalue weighted by atomic mass is 9.83. The molecule has 9 heteroatoms. The smallest absolute Gasteiger partial charge is 0.416 e. The summed E-state index contributed by atoms with van der Waals surface area (Å²) in [5.41, 5.74) is 8.49. The Morgan fingerprint density at radius 3 is 2.50 bits per heavy atom. The minimum Gasteiger partial charge on any atom is -0.438 e. The third-order valence-electron chi connectivity index (χ3n) is 5.68. The van der Waals surface area contributed by atoms with Gasteiger partial charge in [0.1, 0.15) is 17.6 Å². The van der Waals surface area contributed by atoms with E-state index in [0.717, 1.165) is 23.3 Å². The molecule has 1 unspecified atom stereocenters. The standard InChI is InChI=1S/C25H16F3N5O/c26-25(27,28)16-5-7-18(8-6-16)33-13-32-24-22(23(33)31)21(15-2-1-3-17(30)11-15)19-9-4-14(12-29)10-20(19)34-24/h1-11,13,21,31H,30H2. The number of hydrogen-bond donors (Lipinski definition) is 2. The Hall–Kier alpha value is -4.58. The van der Waals surface area contributed by atoms with E-state index < -0.39 is 17.7 Å². The van der Waals surface area contributed by atoms with Crippen LogP contribution in [-0.4, -0.2) is 9.55 Å². The Labute approximate surface area is 191 Å². The molecule has 1 aliphatic rings. The predicted molar refractivity (Wildman–Crippen MR) is 117 cm³/mol. The molecule has 0 aliphatic carbocycles. The number of nitriles is 1. The van der Waals surface area contributed by atoms with Crippen LogP contribution in [0.25, 0.3) is 5.69 Å². The van der Waals surface area contributed by atoms with Crippen molar-refractivity contribution >= 4 is 5.69 Å². The number of benzene rings is 3. The van der Waals surface area contributed by atoms with Gasteiger partial charge >= 0.3 is 6.18 Å². The van der Waals surface area contributed by atoms with Gasteiger partial charge in [-0.25, -0.2) is 4.98 Å². The van der Waals surface area contributed by atoms with Gasteiger partial charge in [0.25, 0.3) is 0 Å². The van der Waals surface area contributed by atoms with E-state index in [-0.39, 0.29) is 11.4 Å². The lowest BCUT2D eigenvalue weighted by Gasteiger charge is -2.28. The van der Waals surface area contributed by atoms with Gasteiger partial charge in [0.2, 0.25) is 5.88 Å². The summed E-state index contributed by atoms with van der Waals surface area (Å²) in [6.07, 6.45) is -3.13. The molecule has 0 spiro atoms. The van der Waals surface area contributed by atoms with Crippen LogP contribution in [0.2, 0.25) is 0 Å². The van der Waals surface area contributed by atoms with Crippen molar-refractivity contribution in [2.45, 2.75) is 12.1 Å². The maximum absolute atomic E-state index is 13.0. The van der Waals surface area contributed by atoms with Crippen LogP contribution in [0.5, 0.6) is 11.6 Å². The Morgan fingerprint density at radius 2 is 1.82 bits per heavy atom. The van der Waals surface area contributed by atoms with Gasteiger partial charge in [-0.15, -0.1) is 0 Å². The number of rotatable bonds is 2. The number of alkyl halides is 3. The summed E-state index contributed by atoms with van der Waals surface area (Å²) in [5.74, 6) is 0.137. The zero-order valence-electron chi connectivity index (χ0n) is 17.5. The molecular formula is C25H16F3N5O. The normalized spacial score (nSPS) is 14.5. The third kappa shape index (κ3) is 3.55. The van der Waals surface area contributed by atoms with E-state index in [1.807, 2.05) is 6.07 Å². The van der Waals surface area contributed by atoms with Gasteiger partial charge in [-0.2, -0.15) is 18.4 Å². The molecule has 34 heavy (non-hydrogen) atoms. The van der Waals surface area contributed by atoms with Crippen LogP contribution in [0.15, 0.2) is 73.1 Å². The van der Waals surface area contributed by atoms with E-state index in [1.54, 1.807) is 36.4 Å². The van der Waals surface area contributed by atoms with Crippen LogP contribution < -0.4 is 16.0 Å². The van der Waals surface area contributed by atoms with Crippen molar-refractivity contribution in [3.05, 3.63) is 106 Å². The predicted octanol–water partition coefficient (Wildman–Crippen LogP) is 5.11. The number of aromatic nitrogens is 2. The van der Waals surface area contributed by atoms with Crippen molar-refractivity contribution in [1.82, 2.24) is 9.55 Å². The molecule has 1 atom stereocenters. The van der Waals surface area contributed by atoms with Crippen LogP contribution in [0.1, 0.15) is 33.7 Å². The van der Waals surface area contributed by atoms with Gasteiger partial charge < -0.3 is 10.5 Å². The van der Waals surface area contributed by atoms with E-state index in [9.17, 15) is 18.4 Å². The van der Waals surface area contributed by atoms with Gasteiger partial charge in [-0.3, -0.25) is 9.98 Å². The molecular weight excluding hydrogens is 443 g/mol. The highest BCUT2D eigenvalue weighted by Gasteiger charge is 2.33. The summed E-state index contributed by atoms with van der Waals surface area (Å²) in [6.45, 7) is 0. The van der Waals surface area contributed by atoms with E-state index in [4.69, 9.17) is 15.9 Å². The molecule has 168 valence electrons. The zero-order valence-corrected chi connectivity index (χ0v) is 17.5. The molecule has 6 nitrogen and oxygen atoms in total. The Bertz CT molecular complexity index is 1520. The van der Waals surface area contributed by atoms with Crippen LogP contribution >= 0.6 is 0 Å². The number of ether oxygens (including phenoxy) is 1. The van der Waals surface area contributed by atoms with E-state index >= 15 is 0 Å². The summed E-state index contributed by atoms with van der Waals surface area (Å²) in [7, 11) is 0. The lowest BCUT2D eigenvalue weighted by Crippen LogP contribution is -2.29. The van der Waals surface area contributed by atoms with Gasteiger partial charge in [0, 0.05) is 22.9 Å². The minimum absolute atomic E-state index is 0.00666. The highest BCUT2D eigenvalue weighted by molar-refractivity contribution is 5.59. The summed E-state index contributed by atoms with van der Waals surface area (Å²) >= 11 is 0. The molecule has 0 fully saturated rings. The molecule has 0 saturated carbocycles. The van der Waals surface area contributed by atoms with Gasteiger partial charge in [0.15, 0.2) is 0 Å². The number of hydrogen-bond acceptors (Lipinski definition) is 5. The molecule has 3 N–H and O–H groups in total. The molecule has 3 aromatic carbocycles. The van der Waals surface area contributed by atoms with Crippen LogP contribution in [-0.2, 0) is 6.18 Å². The van der Waals surface area contributed by atoms with Gasteiger partial charge in [-0.05, 0) is 54.1 Å². The first kappa shape index (κ1) is 21.3. The summed E-state index contributed by atoms with van der Waals surface area (Å²) in [5, 5.41) is 18.2. The van der Waals surface area contributed by atoms with Crippen molar-refractivity contribution < 1.29 is 17.9 Å². The fourth-order valence-corrected chi connectivity index (χ4v) is 4.09. The number of halogens is 3. The molecule has 5 rings (SSSR count). The molecule has 4 aromatic rings. The first-order valence-corrected chi connectivity index (χ1v) is 10.2. The zero-order chi connectivity index (χ0) is 24.0. The summed E-state index contributed by atoms with van der Waals surface area (Å²) in [4.78, 5) is 4.36. The molecule has 0 saturated heterocycles. The molecule has 1 aromatic heterocycles. The second kappa shape index (κ2) is 7.78. The number of nitrogens with one attached hydrogen (secondary N) is 1. The fraction of sp³-hybridized carbons (Fsp3) is 0.0800. The average Bonchev–Trinajstić information content (AvgIpc) is 2.82.